The molecule has 1 aliphatic rings. The molecule has 0 radical (unpaired) electrons. The molecule has 2 aromatic carbocycles. The third kappa shape index (κ3) is 3.10. The van der Waals surface area contributed by atoms with Gasteiger partial charge < -0.3 is 10.1 Å². The Hall–Kier alpha value is -2.66. The van der Waals surface area contributed by atoms with Crippen molar-refractivity contribution in [2.75, 3.05) is 0 Å². The van der Waals surface area contributed by atoms with Gasteiger partial charge in [-0.15, -0.1) is 11.3 Å². The van der Waals surface area contributed by atoms with E-state index in [0.717, 1.165) is 21.8 Å². The normalized spacial score (nSPS) is 18.2. The van der Waals surface area contributed by atoms with Gasteiger partial charge in [-0.1, -0.05) is 49.4 Å². The van der Waals surface area contributed by atoms with Gasteiger partial charge in [-0.3, -0.25) is 4.79 Å². The molecule has 1 N–H and O–H groups in total. The topological polar surface area (TPSA) is 51.2 Å². The van der Waals surface area contributed by atoms with Crippen LogP contribution in [0.4, 0.5) is 0 Å². The van der Waals surface area contributed by atoms with Gasteiger partial charge in [0.1, 0.15) is 16.9 Å². The third-order valence-corrected chi connectivity index (χ3v) is 5.73. The van der Waals surface area contributed by atoms with Crippen LogP contribution in [0.15, 0.2) is 53.9 Å². The van der Waals surface area contributed by atoms with Crippen molar-refractivity contribution in [1.82, 2.24) is 10.3 Å². The summed E-state index contributed by atoms with van der Waals surface area (Å²) < 4.78 is 5.91. The molecule has 3 aromatic rings. The number of fused-ring (bicyclic) bond motifs is 1. The number of hydrogen-bond donors (Lipinski definition) is 1. The van der Waals surface area contributed by atoms with Crippen molar-refractivity contribution in [3.8, 4) is 16.3 Å². The molecule has 0 saturated heterocycles. The van der Waals surface area contributed by atoms with E-state index in [9.17, 15) is 4.79 Å². The van der Waals surface area contributed by atoms with Crippen LogP contribution in [0.1, 0.15) is 41.4 Å². The van der Waals surface area contributed by atoms with Crippen LogP contribution in [0, 0.1) is 0 Å². The quantitative estimate of drug-likeness (QED) is 0.735. The first kappa shape index (κ1) is 16.8. The lowest BCUT2D eigenvalue weighted by Crippen LogP contribution is -2.23. The van der Waals surface area contributed by atoms with E-state index in [2.05, 4.69) is 17.2 Å². The van der Waals surface area contributed by atoms with Crippen LogP contribution in [0.2, 0.25) is 0 Å². The molecule has 132 valence electrons. The number of aromatic nitrogens is 1. The second kappa shape index (κ2) is 6.92. The number of hydrogen-bond acceptors (Lipinski definition) is 4. The van der Waals surface area contributed by atoms with Gasteiger partial charge in [0.15, 0.2) is 0 Å². The van der Waals surface area contributed by atoms with E-state index in [1.54, 1.807) is 11.3 Å². The summed E-state index contributed by atoms with van der Waals surface area (Å²) >= 11 is 1.58. The molecule has 2 atom stereocenters. The molecule has 2 unspecified atom stereocenters. The Morgan fingerprint density at radius 3 is 2.77 bits per heavy atom. The van der Waals surface area contributed by atoms with Crippen LogP contribution in [-0.4, -0.2) is 17.0 Å². The molecule has 0 bridgehead atoms. The van der Waals surface area contributed by atoms with Gasteiger partial charge in [0.25, 0.3) is 5.91 Å². The number of carbonyl (C=O) groups is 1. The van der Waals surface area contributed by atoms with Gasteiger partial charge in [-0.2, -0.15) is 0 Å². The van der Waals surface area contributed by atoms with E-state index in [0.29, 0.717) is 23.8 Å². The zero-order valence-corrected chi connectivity index (χ0v) is 15.5. The Balaban J connectivity index is 1.47. The monoisotopic (exact) mass is 364 g/mol. The molecule has 1 aromatic heterocycles. The van der Waals surface area contributed by atoms with Crippen LogP contribution >= 0.6 is 11.3 Å². The number of carbonyl (C=O) groups excluding carboxylic acids is 1. The van der Waals surface area contributed by atoms with Crippen LogP contribution in [0.5, 0.6) is 5.75 Å². The summed E-state index contributed by atoms with van der Waals surface area (Å²) in [7, 11) is 0. The average Bonchev–Trinajstić information content (AvgIpc) is 3.26. The lowest BCUT2D eigenvalue weighted by atomic mass is 9.97. The largest absolute Gasteiger partial charge is 0.489 e. The third-order valence-electron chi connectivity index (χ3n) is 4.79. The van der Waals surface area contributed by atoms with Crippen LogP contribution in [0.25, 0.3) is 10.6 Å². The van der Waals surface area contributed by atoms with Gasteiger partial charge in [0.05, 0.1) is 17.8 Å². The Labute approximate surface area is 156 Å². The lowest BCUT2D eigenvalue weighted by Gasteiger charge is -2.09. The number of nitrogens with one attached hydrogen (secondary N) is 1. The molecule has 0 spiro atoms. The highest BCUT2D eigenvalue weighted by Gasteiger charge is 2.30. The molecule has 0 fully saturated rings. The number of ether oxygens (including phenoxy) is 1. The molecule has 1 amide bonds. The average molecular weight is 364 g/mol. The SMILES string of the molecule is CC1Oc2c(C(=O)NCc3csc(-c4ccccc4)n3)cccc2C1C. The van der Waals surface area contributed by atoms with Gasteiger partial charge in [0, 0.05) is 22.4 Å². The summed E-state index contributed by atoms with van der Waals surface area (Å²) in [5, 5.41) is 5.91. The van der Waals surface area contributed by atoms with Crippen molar-refractivity contribution in [3.05, 3.63) is 70.7 Å². The molecule has 5 heteroatoms. The summed E-state index contributed by atoms with van der Waals surface area (Å²) in [6.45, 7) is 4.56. The number of thiazole rings is 1. The van der Waals surface area contributed by atoms with Crippen molar-refractivity contribution in [3.63, 3.8) is 0 Å². The van der Waals surface area contributed by atoms with Crippen LogP contribution in [0.3, 0.4) is 0 Å². The summed E-state index contributed by atoms with van der Waals surface area (Å²) in [6.07, 6.45) is 0.0888. The van der Waals surface area contributed by atoms with Gasteiger partial charge in [-0.05, 0) is 13.0 Å². The van der Waals surface area contributed by atoms with E-state index >= 15 is 0 Å². The fourth-order valence-electron chi connectivity index (χ4n) is 3.13. The van der Waals surface area contributed by atoms with Crippen molar-refractivity contribution in [2.45, 2.75) is 32.4 Å². The lowest BCUT2D eigenvalue weighted by molar-refractivity contribution is 0.0945. The highest BCUT2D eigenvalue weighted by molar-refractivity contribution is 7.13. The number of nitrogens with zero attached hydrogens (tertiary/aromatic N) is 1. The summed E-state index contributed by atoms with van der Waals surface area (Å²) in [6, 6.07) is 15.8. The Morgan fingerprint density at radius 2 is 1.96 bits per heavy atom. The zero-order chi connectivity index (χ0) is 18.1. The van der Waals surface area contributed by atoms with Crippen LogP contribution < -0.4 is 10.1 Å². The summed E-state index contributed by atoms with van der Waals surface area (Å²) in [4.78, 5) is 17.3. The van der Waals surface area contributed by atoms with Gasteiger partial charge in [0.2, 0.25) is 0 Å². The molecule has 26 heavy (non-hydrogen) atoms. The molecule has 4 nitrogen and oxygen atoms in total. The fraction of sp³-hybridized carbons (Fsp3) is 0.238. The molecule has 1 aliphatic heterocycles. The first-order valence-corrected chi connectivity index (χ1v) is 9.59. The predicted octanol–water partition coefficient (Wildman–Crippen LogP) is 4.62. The van der Waals surface area contributed by atoms with E-state index in [4.69, 9.17) is 4.74 Å². The first-order valence-electron chi connectivity index (χ1n) is 8.71. The maximum atomic E-state index is 12.7. The van der Waals surface area contributed by atoms with E-state index in [-0.39, 0.29) is 12.0 Å². The molecule has 4 rings (SSSR count). The maximum Gasteiger partial charge on any atom is 0.255 e. The number of benzene rings is 2. The number of para-hydroxylation sites is 1. The highest BCUT2D eigenvalue weighted by Crippen LogP contribution is 2.40. The minimum Gasteiger partial charge on any atom is -0.489 e. The molecule has 0 aliphatic carbocycles. The smallest absolute Gasteiger partial charge is 0.255 e. The van der Waals surface area contributed by atoms with Crippen molar-refractivity contribution in [2.24, 2.45) is 0 Å². The molecule has 0 saturated carbocycles. The van der Waals surface area contributed by atoms with Gasteiger partial charge >= 0.3 is 0 Å². The van der Waals surface area contributed by atoms with Crippen molar-refractivity contribution >= 4 is 17.2 Å². The molecular formula is C21H20N2O2S. The van der Waals surface area contributed by atoms with Crippen molar-refractivity contribution < 1.29 is 9.53 Å². The summed E-state index contributed by atoms with van der Waals surface area (Å²) in [5.74, 6) is 0.885. The number of rotatable bonds is 4. The Morgan fingerprint density at radius 1 is 1.15 bits per heavy atom. The number of amides is 1. The van der Waals surface area contributed by atoms with Gasteiger partial charge in [-0.25, -0.2) is 4.98 Å². The molecular weight excluding hydrogens is 344 g/mol. The second-order valence-electron chi connectivity index (χ2n) is 6.53. The summed E-state index contributed by atoms with van der Waals surface area (Å²) in [5.41, 5.74) is 3.65. The zero-order valence-electron chi connectivity index (χ0n) is 14.7. The Bertz CT molecular complexity index is 936. The first-order chi connectivity index (χ1) is 12.6. The minimum absolute atomic E-state index is 0.0888. The standard InChI is InChI=1S/C21H20N2O2S/c1-13-14(2)25-19-17(13)9-6-10-18(19)20(24)22-11-16-12-26-21(23-16)15-7-4-3-5-8-15/h3-10,12-14H,11H2,1-2H3,(H,22,24). The van der Waals surface area contributed by atoms with Crippen molar-refractivity contribution in [1.29, 1.82) is 0 Å². The van der Waals surface area contributed by atoms with Crippen LogP contribution in [-0.2, 0) is 6.54 Å². The predicted molar refractivity (Wildman–Crippen MR) is 104 cm³/mol. The highest BCUT2D eigenvalue weighted by atomic mass is 32.1. The van der Waals surface area contributed by atoms with E-state index < -0.39 is 0 Å². The minimum atomic E-state index is -0.127. The molecule has 2 heterocycles. The maximum absolute atomic E-state index is 12.7. The van der Waals surface area contributed by atoms with E-state index in [1.165, 1.54) is 0 Å². The second-order valence-corrected chi connectivity index (χ2v) is 7.39. The van der Waals surface area contributed by atoms with E-state index in [1.807, 2.05) is 60.8 Å². The Kier molecular flexibility index (Phi) is 4.47. The fourth-order valence-corrected chi connectivity index (χ4v) is 3.96.